The van der Waals surface area contributed by atoms with Gasteiger partial charge in [0, 0.05) is 11.0 Å². The maximum Gasteiger partial charge on any atom is 0.293 e. The van der Waals surface area contributed by atoms with Gasteiger partial charge in [-0.3, -0.25) is 14.5 Å². The van der Waals surface area contributed by atoms with Gasteiger partial charge >= 0.3 is 0 Å². The maximum atomic E-state index is 12.3. The van der Waals surface area contributed by atoms with Crippen molar-refractivity contribution in [3.63, 3.8) is 0 Å². The zero-order valence-corrected chi connectivity index (χ0v) is 15.3. The van der Waals surface area contributed by atoms with Gasteiger partial charge < -0.3 is 9.47 Å². The highest BCUT2D eigenvalue weighted by Gasteiger charge is 2.34. The first-order chi connectivity index (χ1) is 11.5. The van der Waals surface area contributed by atoms with Crippen LogP contribution in [0.25, 0.3) is 6.08 Å². The number of carbonyl (C=O) groups excluding carboxylic acids is 2. The van der Waals surface area contributed by atoms with Crippen LogP contribution in [-0.2, 0) is 4.79 Å². The summed E-state index contributed by atoms with van der Waals surface area (Å²) >= 11 is 4.31. The fourth-order valence-corrected chi connectivity index (χ4v) is 3.26. The van der Waals surface area contributed by atoms with Crippen LogP contribution >= 0.6 is 27.7 Å². The van der Waals surface area contributed by atoms with E-state index in [-0.39, 0.29) is 24.3 Å². The minimum atomic E-state index is -0.344. The third-order valence-electron chi connectivity index (χ3n) is 3.07. The highest BCUT2D eigenvalue weighted by molar-refractivity contribution is 9.10. The van der Waals surface area contributed by atoms with Gasteiger partial charge in [0.05, 0.1) is 12.0 Å². The fourth-order valence-electron chi connectivity index (χ4n) is 1.98. The summed E-state index contributed by atoms with van der Waals surface area (Å²) in [5, 5.41) is -0.316. The van der Waals surface area contributed by atoms with E-state index in [1.54, 1.807) is 18.2 Å². The number of hydrogen-bond acceptors (Lipinski definition) is 5. The van der Waals surface area contributed by atoms with Crippen molar-refractivity contribution in [2.75, 3.05) is 20.3 Å². The van der Waals surface area contributed by atoms with E-state index in [1.807, 2.05) is 0 Å². The van der Waals surface area contributed by atoms with Crippen LogP contribution in [-0.4, -0.2) is 36.3 Å². The predicted octanol–water partition coefficient (Wildman–Crippen LogP) is 3.69. The molecule has 0 N–H and O–H groups in total. The van der Waals surface area contributed by atoms with Crippen LogP contribution in [0.4, 0.5) is 4.79 Å². The van der Waals surface area contributed by atoms with Gasteiger partial charge in [0.1, 0.15) is 6.61 Å². The fraction of sp³-hybridized carbons (Fsp3) is 0.176. The quantitative estimate of drug-likeness (QED) is 0.408. The van der Waals surface area contributed by atoms with E-state index in [0.717, 1.165) is 16.7 Å². The zero-order chi connectivity index (χ0) is 17.7. The van der Waals surface area contributed by atoms with Gasteiger partial charge in [-0.1, -0.05) is 27.9 Å². The molecule has 24 heavy (non-hydrogen) atoms. The van der Waals surface area contributed by atoms with E-state index in [1.165, 1.54) is 13.2 Å². The lowest BCUT2D eigenvalue weighted by Gasteiger charge is -2.11. The molecule has 1 heterocycles. The third kappa shape index (κ3) is 3.83. The number of hydrogen-bond donors (Lipinski definition) is 0. The van der Waals surface area contributed by atoms with Gasteiger partial charge in [0.25, 0.3) is 11.1 Å². The van der Waals surface area contributed by atoms with Crippen LogP contribution in [0, 0.1) is 12.3 Å². The van der Waals surface area contributed by atoms with Crippen molar-refractivity contribution in [1.82, 2.24) is 4.90 Å². The molecule has 0 aliphatic carbocycles. The lowest BCUT2D eigenvalue weighted by molar-refractivity contribution is -0.122. The van der Waals surface area contributed by atoms with Crippen LogP contribution in [0.5, 0.6) is 11.5 Å². The molecule has 0 atom stereocenters. The molecule has 0 saturated carbocycles. The lowest BCUT2D eigenvalue weighted by atomic mass is 10.2. The molecule has 1 aromatic rings. The molecule has 0 radical (unpaired) electrons. The Labute approximate surface area is 152 Å². The number of benzene rings is 1. The molecule has 1 aliphatic rings. The van der Waals surface area contributed by atoms with Crippen molar-refractivity contribution >= 4 is 44.9 Å². The Kier molecular flexibility index (Phi) is 6.12. The topological polar surface area (TPSA) is 55.8 Å². The summed E-state index contributed by atoms with van der Waals surface area (Å²) in [7, 11) is 1.51. The Morgan fingerprint density at radius 2 is 2.17 bits per heavy atom. The van der Waals surface area contributed by atoms with Crippen molar-refractivity contribution in [3.05, 3.63) is 39.7 Å². The van der Waals surface area contributed by atoms with E-state index in [2.05, 4.69) is 28.4 Å². The molecule has 2 amide bonds. The van der Waals surface area contributed by atoms with Crippen molar-refractivity contribution in [1.29, 1.82) is 0 Å². The minimum absolute atomic E-state index is 0.114. The first-order valence-corrected chi connectivity index (χ1v) is 8.42. The number of carbonyl (C=O) groups is 2. The van der Waals surface area contributed by atoms with Gasteiger partial charge in [-0.15, -0.1) is 13.0 Å². The summed E-state index contributed by atoms with van der Waals surface area (Å²) < 4.78 is 11.4. The Morgan fingerprint density at radius 1 is 1.42 bits per heavy atom. The number of amides is 2. The molecule has 1 aromatic carbocycles. The number of thioether (sulfide) groups is 1. The van der Waals surface area contributed by atoms with E-state index >= 15 is 0 Å². The zero-order valence-electron chi connectivity index (χ0n) is 12.9. The average Bonchev–Trinajstić information content (AvgIpc) is 2.82. The molecule has 0 aromatic heterocycles. The molecule has 7 heteroatoms. The standard InChI is InChI=1S/C17H14BrNO4S/c1-4-6-19-16(20)15(24-17(19)21)9-11-8-13(22-3)14(10-12(11)18)23-7-5-2/h2,4,8-10H,1,6-7H2,3H3/b15-9+. The summed E-state index contributed by atoms with van der Waals surface area (Å²) in [6.45, 7) is 3.85. The molecule has 0 bridgehead atoms. The van der Waals surface area contributed by atoms with Crippen LogP contribution < -0.4 is 9.47 Å². The Morgan fingerprint density at radius 3 is 2.79 bits per heavy atom. The number of methoxy groups -OCH3 is 1. The van der Waals surface area contributed by atoms with E-state index < -0.39 is 0 Å². The van der Waals surface area contributed by atoms with Gasteiger partial charge in [-0.05, 0) is 35.5 Å². The maximum absolute atomic E-state index is 12.3. The molecule has 0 spiro atoms. The van der Waals surface area contributed by atoms with Crippen molar-refractivity contribution in [2.45, 2.75) is 0 Å². The van der Waals surface area contributed by atoms with Gasteiger partial charge in [0.2, 0.25) is 0 Å². The third-order valence-corrected chi connectivity index (χ3v) is 4.66. The summed E-state index contributed by atoms with van der Waals surface area (Å²) in [5.74, 6) is 3.00. The predicted molar refractivity (Wildman–Crippen MR) is 97.9 cm³/mol. The molecule has 124 valence electrons. The number of imide groups is 1. The van der Waals surface area contributed by atoms with Crippen molar-refractivity contribution < 1.29 is 19.1 Å². The number of ether oxygens (including phenoxy) is 2. The number of halogens is 1. The SMILES string of the molecule is C#CCOc1cc(Br)c(/C=C2/SC(=O)N(CC=C)C2=O)cc1OC. The minimum Gasteiger partial charge on any atom is -0.493 e. The largest absolute Gasteiger partial charge is 0.493 e. The Balaban J connectivity index is 2.36. The summed E-state index contributed by atoms with van der Waals surface area (Å²) in [5.41, 5.74) is 0.684. The van der Waals surface area contributed by atoms with E-state index in [0.29, 0.717) is 26.4 Å². The molecular formula is C17H14BrNO4S. The molecular weight excluding hydrogens is 394 g/mol. The van der Waals surface area contributed by atoms with Crippen molar-refractivity contribution in [3.8, 4) is 23.8 Å². The average molecular weight is 408 g/mol. The summed E-state index contributed by atoms with van der Waals surface area (Å²) in [6.07, 6.45) is 8.33. The molecule has 1 aliphatic heterocycles. The number of nitrogens with zero attached hydrogens (tertiary/aromatic N) is 1. The molecule has 1 fully saturated rings. The van der Waals surface area contributed by atoms with Crippen LogP contribution in [0.2, 0.25) is 0 Å². The van der Waals surface area contributed by atoms with Crippen molar-refractivity contribution in [2.24, 2.45) is 0 Å². The smallest absolute Gasteiger partial charge is 0.293 e. The van der Waals surface area contributed by atoms with Gasteiger partial charge in [-0.2, -0.15) is 0 Å². The Bertz CT molecular complexity index is 767. The first-order valence-electron chi connectivity index (χ1n) is 6.81. The van der Waals surface area contributed by atoms with Gasteiger partial charge in [-0.25, -0.2) is 0 Å². The second kappa shape index (κ2) is 8.08. The molecule has 5 nitrogen and oxygen atoms in total. The second-order valence-corrected chi connectivity index (χ2v) is 6.45. The van der Waals surface area contributed by atoms with E-state index in [9.17, 15) is 9.59 Å². The summed E-state index contributed by atoms with van der Waals surface area (Å²) in [6, 6.07) is 3.41. The highest BCUT2D eigenvalue weighted by Crippen LogP contribution is 2.37. The lowest BCUT2D eigenvalue weighted by Crippen LogP contribution is -2.27. The number of rotatable bonds is 6. The number of terminal acetylenes is 1. The summed E-state index contributed by atoms with van der Waals surface area (Å²) in [4.78, 5) is 25.6. The normalized spacial score (nSPS) is 15.5. The van der Waals surface area contributed by atoms with Gasteiger partial charge in [0.15, 0.2) is 11.5 Å². The molecule has 0 unspecified atom stereocenters. The Hall–Kier alpha value is -2.17. The highest BCUT2D eigenvalue weighted by atomic mass is 79.9. The van der Waals surface area contributed by atoms with Crippen LogP contribution in [0.15, 0.2) is 34.2 Å². The first kappa shape index (κ1) is 18.2. The monoisotopic (exact) mass is 407 g/mol. The molecule has 2 rings (SSSR count). The van der Waals surface area contributed by atoms with E-state index in [4.69, 9.17) is 15.9 Å². The molecule has 1 saturated heterocycles. The van der Waals surface area contributed by atoms with Crippen LogP contribution in [0.1, 0.15) is 5.56 Å². The second-order valence-electron chi connectivity index (χ2n) is 4.60. The van der Waals surface area contributed by atoms with Crippen LogP contribution in [0.3, 0.4) is 0 Å².